The fourth-order valence-electron chi connectivity index (χ4n) is 1.35. The minimum absolute atomic E-state index is 0.0740. The number of nitrogens with zero attached hydrogens (tertiary/aromatic N) is 2. The van der Waals surface area contributed by atoms with Gasteiger partial charge in [-0.2, -0.15) is 0 Å². The molecular formula is C11H11FN4O. The van der Waals surface area contributed by atoms with Gasteiger partial charge >= 0.3 is 0 Å². The van der Waals surface area contributed by atoms with E-state index in [4.69, 9.17) is 5.73 Å². The van der Waals surface area contributed by atoms with Crippen LogP contribution >= 0.6 is 0 Å². The molecule has 1 aromatic heterocycles. The third-order valence-corrected chi connectivity index (χ3v) is 2.23. The molecule has 0 fully saturated rings. The van der Waals surface area contributed by atoms with Gasteiger partial charge in [-0.05, 0) is 12.1 Å². The first-order chi connectivity index (χ1) is 8.10. The number of halogens is 1. The number of amides is 1. The summed E-state index contributed by atoms with van der Waals surface area (Å²) >= 11 is 0. The average Bonchev–Trinajstić information content (AvgIpc) is 2.30. The van der Waals surface area contributed by atoms with Crippen molar-refractivity contribution >= 4 is 28.6 Å². The van der Waals surface area contributed by atoms with Crippen LogP contribution in [0.2, 0.25) is 0 Å². The molecule has 0 spiro atoms. The lowest BCUT2D eigenvalue weighted by molar-refractivity contribution is -0.115. The smallest absolute Gasteiger partial charge is 0.225 e. The molecule has 17 heavy (non-hydrogen) atoms. The van der Waals surface area contributed by atoms with Gasteiger partial charge in [0.05, 0.1) is 11.0 Å². The van der Waals surface area contributed by atoms with Crippen LogP contribution < -0.4 is 11.1 Å². The number of carbonyl (C=O) groups excluding carboxylic acids is 1. The molecule has 1 heterocycles. The van der Waals surface area contributed by atoms with Gasteiger partial charge in [-0.3, -0.25) is 4.79 Å². The molecule has 6 heteroatoms. The third kappa shape index (κ3) is 2.30. The number of carbonyl (C=O) groups is 1. The van der Waals surface area contributed by atoms with Crippen LogP contribution in [0.1, 0.15) is 13.3 Å². The Labute approximate surface area is 96.9 Å². The van der Waals surface area contributed by atoms with E-state index < -0.39 is 5.82 Å². The zero-order valence-corrected chi connectivity index (χ0v) is 9.20. The van der Waals surface area contributed by atoms with Crippen LogP contribution in [-0.4, -0.2) is 15.9 Å². The molecule has 2 rings (SSSR count). The summed E-state index contributed by atoms with van der Waals surface area (Å²) in [4.78, 5) is 19.3. The highest BCUT2D eigenvalue weighted by Crippen LogP contribution is 2.19. The Balaban J connectivity index is 2.48. The average molecular weight is 234 g/mol. The molecule has 0 aliphatic rings. The fourth-order valence-corrected chi connectivity index (χ4v) is 1.35. The number of anilines is 2. The topological polar surface area (TPSA) is 80.9 Å². The Kier molecular flexibility index (Phi) is 2.86. The first kappa shape index (κ1) is 11.3. The minimum atomic E-state index is -0.406. The van der Waals surface area contributed by atoms with Gasteiger partial charge in [0.2, 0.25) is 5.91 Å². The molecule has 0 saturated heterocycles. The molecule has 0 atom stereocenters. The van der Waals surface area contributed by atoms with Gasteiger partial charge < -0.3 is 11.1 Å². The Morgan fingerprint density at radius 2 is 2.18 bits per heavy atom. The highest BCUT2D eigenvalue weighted by Gasteiger charge is 2.08. The largest absolute Gasteiger partial charge is 0.381 e. The van der Waals surface area contributed by atoms with Crippen LogP contribution in [0.25, 0.3) is 11.0 Å². The van der Waals surface area contributed by atoms with Crippen molar-refractivity contribution < 1.29 is 9.18 Å². The van der Waals surface area contributed by atoms with Crippen LogP contribution in [-0.2, 0) is 4.79 Å². The number of hydrogen-bond acceptors (Lipinski definition) is 4. The van der Waals surface area contributed by atoms with Gasteiger partial charge in [-0.25, -0.2) is 14.4 Å². The van der Waals surface area contributed by atoms with Gasteiger partial charge in [-0.15, -0.1) is 0 Å². The van der Waals surface area contributed by atoms with Crippen molar-refractivity contribution in [2.24, 2.45) is 0 Å². The maximum Gasteiger partial charge on any atom is 0.225 e. The molecular weight excluding hydrogens is 223 g/mol. The molecule has 0 radical (unpaired) electrons. The molecule has 1 amide bonds. The molecule has 0 saturated carbocycles. The fraction of sp³-hybridized carbons (Fsp3) is 0.182. The summed E-state index contributed by atoms with van der Waals surface area (Å²) in [5, 5.41) is 2.54. The maximum absolute atomic E-state index is 13.0. The van der Waals surface area contributed by atoms with Gasteiger partial charge in [0.1, 0.15) is 5.82 Å². The monoisotopic (exact) mass is 234 g/mol. The summed E-state index contributed by atoms with van der Waals surface area (Å²) in [6, 6.07) is 4.00. The van der Waals surface area contributed by atoms with Crippen molar-refractivity contribution in [3.63, 3.8) is 0 Å². The van der Waals surface area contributed by atoms with Crippen molar-refractivity contribution in [2.45, 2.75) is 13.3 Å². The molecule has 0 aliphatic carbocycles. The summed E-state index contributed by atoms with van der Waals surface area (Å²) < 4.78 is 13.0. The lowest BCUT2D eigenvalue weighted by Gasteiger charge is -2.06. The number of nitrogens with one attached hydrogen (secondary N) is 1. The Morgan fingerprint density at radius 3 is 2.88 bits per heavy atom. The summed E-state index contributed by atoms with van der Waals surface area (Å²) in [5.74, 6) is -0.329. The first-order valence-corrected chi connectivity index (χ1v) is 5.12. The summed E-state index contributed by atoms with van der Waals surface area (Å²) in [6.07, 6.45) is 0.322. The molecule has 3 N–H and O–H groups in total. The summed E-state index contributed by atoms with van der Waals surface area (Å²) in [5.41, 5.74) is 6.47. The second kappa shape index (κ2) is 4.32. The van der Waals surface area contributed by atoms with Crippen LogP contribution in [0.5, 0.6) is 0 Å². The van der Waals surface area contributed by atoms with Crippen molar-refractivity contribution in [3.8, 4) is 0 Å². The second-order valence-corrected chi connectivity index (χ2v) is 3.49. The predicted octanol–water partition coefficient (Wildman–Crippen LogP) is 1.70. The van der Waals surface area contributed by atoms with Crippen molar-refractivity contribution in [1.82, 2.24) is 9.97 Å². The van der Waals surface area contributed by atoms with Crippen LogP contribution in [0, 0.1) is 5.82 Å². The van der Waals surface area contributed by atoms with Crippen LogP contribution in [0.15, 0.2) is 18.2 Å². The van der Waals surface area contributed by atoms with Gasteiger partial charge in [-0.1, -0.05) is 6.92 Å². The molecule has 2 aromatic rings. The molecule has 88 valence electrons. The number of rotatable bonds is 2. The molecule has 0 aliphatic heterocycles. The lowest BCUT2D eigenvalue weighted by Crippen LogP contribution is -2.13. The predicted molar refractivity (Wildman–Crippen MR) is 62.8 cm³/mol. The standard InChI is InChI=1S/C11H11FN4O/c1-2-9(17)16-11-10(13)14-8-5-6(12)3-4-7(8)15-11/h3-5H,2H2,1H3,(H2,13,14)(H,15,16,17). The van der Waals surface area contributed by atoms with E-state index in [1.165, 1.54) is 18.2 Å². The molecule has 5 nitrogen and oxygen atoms in total. The summed E-state index contributed by atoms with van der Waals surface area (Å²) in [6.45, 7) is 1.72. The summed E-state index contributed by atoms with van der Waals surface area (Å²) in [7, 11) is 0. The van der Waals surface area contributed by atoms with E-state index in [1.807, 2.05) is 0 Å². The van der Waals surface area contributed by atoms with Gasteiger partial charge in [0.25, 0.3) is 0 Å². The van der Waals surface area contributed by atoms with Crippen LogP contribution in [0.4, 0.5) is 16.0 Å². The van der Waals surface area contributed by atoms with E-state index in [-0.39, 0.29) is 17.5 Å². The number of benzene rings is 1. The minimum Gasteiger partial charge on any atom is -0.381 e. The number of hydrogen-bond donors (Lipinski definition) is 2. The van der Waals surface area contributed by atoms with Crippen molar-refractivity contribution in [1.29, 1.82) is 0 Å². The van der Waals surface area contributed by atoms with Crippen molar-refractivity contribution in [2.75, 3.05) is 11.1 Å². The molecule has 1 aromatic carbocycles. The molecule has 0 bridgehead atoms. The lowest BCUT2D eigenvalue weighted by atomic mass is 10.3. The number of nitrogens with two attached hydrogens (primary N) is 1. The quantitative estimate of drug-likeness (QED) is 0.828. The molecule has 0 unspecified atom stereocenters. The van der Waals surface area contributed by atoms with E-state index in [1.54, 1.807) is 6.92 Å². The SMILES string of the molecule is CCC(=O)Nc1nc2ccc(F)cc2nc1N. The highest BCUT2D eigenvalue weighted by atomic mass is 19.1. The highest BCUT2D eigenvalue weighted by molar-refractivity contribution is 5.93. The van der Waals surface area contributed by atoms with E-state index in [0.29, 0.717) is 17.5 Å². The van der Waals surface area contributed by atoms with E-state index in [9.17, 15) is 9.18 Å². The normalized spacial score (nSPS) is 10.5. The van der Waals surface area contributed by atoms with E-state index in [0.717, 1.165) is 0 Å². The zero-order valence-electron chi connectivity index (χ0n) is 9.20. The number of aromatic nitrogens is 2. The Morgan fingerprint density at radius 1 is 1.41 bits per heavy atom. The number of fused-ring (bicyclic) bond motifs is 1. The second-order valence-electron chi connectivity index (χ2n) is 3.49. The first-order valence-electron chi connectivity index (χ1n) is 5.12. The van der Waals surface area contributed by atoms with E-state index >= 15 is 0 Å². The van der Waals surface area contributed by atoms with E-state index in [2.05, 4.69) is 15.3 Å². The van der Waals surface area contributed by atoms with Crippen LogP contribution in [0.3, 0.4) is 0 Å². The Hall–Kier alpha value is -2.24. The number of nitrogen functional groups attached to an aromatic ring is 1. The Bertz CT molecular complexity index is 585. The van der Waals surface area contributed by atoms with Gasteiger partial charge in [0.15, 0.2) is 11.6 Å². The van der Waals surface area contributed by atoms with Crippen molar-refractivity contribution in [3.05, 3.63) is 24.0 Å². The third-order valence-electron chi connectivity index (χ3n) is 2.23. The maximum atomic E-state index is 13.0. The van der Waals surface area contributed by atoms with Gasteiger partial charge in [0, 0.05) is 12.5 Å². The zero-order chi connectivity index (χ0) is 12.4.